The molecule has 3 nitrogen and oxygen atoms in total. The van der Waals surface area contributed by atoms with Crippen LogP contribution < -0.4 is 11.3 Å². The van der Waals surface area contributed by atoms with Crippen LogP contribution in [0, 0.1) is 17.8 Å². The summed E-state index contributed by atoms with van der Waals surface area (Å²) < 4.78 is 0. The highest BCUT2D eigenvalue weighted by Gasteiger charge is 2.47. The normalized spacial score (nSPS) is 39.4. The van der Waals surface area contributed by atoms with Crippen molar-refractivity contribution in [3.8, 4) is 0 Å². The molecule has 21 heavy (non-hydrogen) atoms. The van der Waals surface area contributed by atoms with E-state index >= 15 is 0 Å². The molecule has 0 amide bonds. The van der Waals surface area contributed by atoms with Gasteiger partial charge in [0.05, 0.1) is 0 Å². The van der Waals surface area contributed by atoms with Crippen molar-refractivity contribution in [1.82, 2.24) is 10.3 Å². The van der Waals surface area contributed by atoms with Crippen LogP contribution in [0.15, 0.2) is 0 Å². The summed E-state index contributed by atoms with van der Waals surface area (Å²) in [5, 5.41) is 0. The van der Waals surface area contributed by atoms with Gasteiger partial charge >= 0.3 is 0 Å². The molecule has 0 aliphatic heterocycles. The molecule has 3 atom stereocenters. The van der Waals surface area contributed by atoms with Crippen LogP contribution in [-0.4, -0.2) is 30.6 Å². The fourth-order valence-corrected chi connectivity index (χ4v) is 5.16. The number of nitrogens with zero attached hydrogens (tertiary/aromatic N) is 1. The molecule has 2 aliphatic carbocycles. The summed E-state index contributed by atoms with van der Waals surface area (Å²) in [7, 11) is 4.54. The molecular weight excluding hydrogens is 258 g/mol. The number of nitrogens with two attached hydrogens (primary N) is 1. The minimum atomic E-state index is 0.261. The molecule has 0 aromatic carbocycles. The highest BCUT2D eigenvalue weighted by atomic mass is 15.3. The van der Waals surface area contributed by atoms with Crippen molar-refractivity contribution in [3.63, 3.8) is 0 Å². The molecule has 124 valence electrons. The number of nitrogens with one attached hydrogen (secondary N) is 1. The lowest BCUT2D eigenvalue weighted by atomic mass is 9.63. The van der Waals surface area contributed by atoms with Gasteiger partial charge in [0, 0.05) is 11.6 Å². The predicted molar refractivity (Wildman–Crippen MR) is 90.9 cm³/mol. The van der Waals surface area contributed by atoms with Crippen molar-refractivity contribution in [2.45, 2.75) is 83.2 Å². The first-order valence-corrected chi connectivity index (χ1v) is 9.18. The van der Waals surface area contributed by atoms with Gasteiger partial charge in [-0.1, -0.05) is 39.5 Å². The van der Waals surface area contributed by atoms with Gasteiger partial charge in [0.2, 0.25) is 0 Å². The summed E-state index contributed by atoms with van der Waals surface area (Å²) in [6.07, 6.45) is 12.2. The summed E-state index contributed by atoms with van der Waals surface area (Å²) in [5.74, 6) is 8.62. The molecule has 2 fully saturated rings. The predicted octanol–water partition coefficient (Wildman–Crippen LogP) is 3.55. The molecule has 0 spiro atoms. The topological polar surface area (TPSA) is 41.3 Å². The lowest BCUT2D eigenvalue weighted by Gasteiger charge is -2.53. The third-order valence-electron chi connectivity index (χ3n) is 6.71. The number of hydrogen-bond donors (Lipinski definition) is 2. The first kappa shape index (κ1) is 17.2. The van der Waals surface area contributed by atoms with E-state index in [0.717, 1.165) is 17.8 Å². The van der Waals surface area contributed by atoms with Gasteiger partial charge < -0.3 is 4.90 Å². The minimum absolute atomic E-state index is 0.261. The quantitative estimate of drug-likeness (QED) is 0.602. The van der Waals surface area contributed by atoms with Crippen molar-refractivity contribution in [2.24, 2.45) is 23.6 Å². The number of hydrogen-bond acceptors (Lipinski definition) is 3. The lowest BCUT2D eigenvalue weighted by Crippen LogP contribution is -2.65. The second kappa shape index (κ2) is 7.43. The maximum atomic E-state index is 6.13. The lowest BCUT2D eigenvalue weighted by molar-refractivity contribution is -0.00183. The summed E-state index contributed by atoms with van der Waals surface area (Å²) in [6, 6.07) is 0.449. The number of rotatable bonds is 5. The Balaban J connectivity index is 2.22. The van der Waals surface area contributed by atoms with E-state index in [1.54, 1.807) is 0 Å². The monoisotopic (exact) mass is 295 g/mol. The van der Waals surface area contributed by atoms with E-state index in [1.807, 2.05) is 0 Å². The molecule has 0 bridgehead atoms. The second-order valence-corrected chi connectivity index (χ2v) is 7.94. The number of likely N-dealkylation sites (N-methyl/N-ethyl adjacent to an activating group) is 1. The van der Waals surface area contributed by atoms with Crippen molar-refractivity contribution in [1.29, 1.82) is 0 Å². The second-order valence-electron chi connectivity index (χ2n) is 7.94. The van der Waals surface area contributed by atoms with E-state index in [4.69, 9.17) is 5.84 Å². The van der Waals surface area contributed by atoms with Gasteiger partial charge in [0.25, 0.3) is 0 Å². The fraction of sp³-hybridized carbons (Fsp3) is 1.00. The molecule has 3 heteroatoms. The molecule has 3 unspecified atom stereocenters. The number of hydrazine groups is 1. The standard InChI is InChI=1S/C18H37N3/c1-5-15-8-6-7-9-16(15)17(20-19)18(21(3)4)12-10-14(2)11-13-18/h14-17,20H,5-13,19H2,1-4H3. The first-order chi connectivity index (χ1) is 10.0. The third-order valence-corrected chi connectivity index (χ3v) is 6.71. The molecule has 2 rings (SSSR count). The molecule has 0 saturated heterocycles. The van der Waals surface area contributed by atoms with Gasteiger partial charge in [-0.25, -0.2) is 0 Å². The Bertz CT molecular complexity index is 308. The Hall–Kier alpha value is -0.120. The van der Waals surface area contributed by atoms with Gasteiger partial charge in [-0.15, -0.1) is 0 Å². The summed E-state index contributed by atoms with van der Waals surface area (Å²) in [6.45, 7) is 4.77. The SMILES string of the molecule is CCC1CCCCC1C(NN)C1(N(C)C)CCC(C)CC1. The van der Waals surface area contributed by atoms with E-state index < -0.39 is 0 Å². The maximum absolute atomic E-state index is 6.13. The van der Waals surface area contributed by atoms with Crippen LogP contribution in [0.25, 0.3) is 0 Å². The highest BCUT2D eigenvalue weighted by Crippen LogP contribution is 2.44. The van der Waals surface area contributed by atoms with E-state index in [-0.39, 0.29) is 5.54 Å². The molecule has 0 heterocycles. The molecule has 3 N–H and O–H groups in total. The molecule has 2 aliphatic rings. The molecule has 0 radical (unpaired) electrons. The smallest absolute Gasteiger partial charge is 0.0425 e. The van der Waals surface area contributed by atoms with Crippen LogP contribution in [-0.2, 0) is 0 Å². The van der Waals surface area contributed by atoms with Crippen LogP contribution in [0.5, 0.6) is 0 Å². The van der Waals surface area contributed by atoms with Gasteiger partial charge in [0.1, 0.15) is 0 Å². The van der Waals surface area contributed by atoms with Crippen LogP contribution in [0.2, 0.25) is 0 Å². The summed E-state index contributed by atoms with van der Waals surface area (Å²) >= 11 is 0. The van der Waals surface area contributed by atoms with E-state index in [9.17, 15) is 0 Å². The van der Waals surface area contributed by atoms with Crippen molar-refractivity contribution in [3.05, 3.63) is 0 Å². The maximum Gasteiger partial charge on any atom is 0.0425 e. The Morgan fingerprint density at radius 1 is 1.14 bits per heavy atom. The zero-order valence-corrected chi connectivity index (χ0v) is 14.7. The third kappa shape index (κ3) is 3.46. The molecule has 0 aromatic heterocycles. The minimum Gasteiger partial charge on any atom is -0.302 e. The van der Waals surface area contributed by atoms with Crippen LogP contribution in [0.1, 0.15) is 71.6 Å². The Labute approximate surface area is 132 Å². The Kier molecular flexibility index (Phi) is 6.10. The first-order valence-electron chi connectivity index (χ1n) is 9.18. The van der Waals surface area contributed by atoms with Crippen molar-refractivity contribution >= 4 is 0 Å². The van der Waals surface area contributed by atoms with Crippen LogP contribution in [0.4, 0.5) is 0 Å². The average Bonchev–Trinajstić information content (AvgIpc) is 2.50. The molecular formula is C18H37N3. The molecule has 2 saturated carbocycles. The zero-order valence-electron chi connectivity index (χ0n) is 14.7. The summed E-state index contributed by atoms with van der Waals surface area (Å²) in [5.41, 5.74) is 3.56. The molecule has 0 aromatic rings. The summed E-state index contributed by atoms with van der Waals surface area (Å²) in [4.78, 5) is 2.49. The average molecular weight is 296 g/mol. The van der Waals surface area contributed by atoms with Gasteiger partial charge in [-0.2, -0.15) is 0 Å². The van der Waals surface area contributed by atoms with E-state index in [0.29, 0.717) is 6.04 Å². The van der Waals surface area contributed by atoms with Gasteiger partial charge in [-0.05, 0) is 64.0 Å². The van der Waals surface area contributed by atoms with Crippen LogP contribution >= 0.6 is 0 Å². The van der Waals surface area contributed by atoms with Crippen LogP contribution in [0.3, 0.4) is 0 Å². The zero-order chi connectivity index (χ0) is 15.5. The van der Waals surface area contributed by atoms with Gasteiger partial charge in [-0.3, -0.25) is 11.3 Å². The van der Waals surface area contributed by atoms with Crippen molar-refractivity contribution in [2.75, 3.05) is 14.1 Å². The fourth-order valence-electron chi connectivity index (χ4n) is 5.16. The van der Waals surface area contributed by atoms with E-state index in [2.05, 4.69) is 38.3 Å². The van der Waals surface area contributed by atoms with E-state index in [1.165, 1.54) is 57.8 Å². The van der Waals surface area contributed by atoms with Gasteiger partial charge in [0.15, 0.2) is 0 Å². The highest BCUT2D eigenvalue weighted by molar-refractivity contribution is 5.04. The Morgan fingerprint density at radius 2 is 1.76 bits per heavy atom. The Morgan fingerprint density at radius 3 is 2.29 bits per heavy atom. The van der Waals surface area contributed by atoms with Crippen molar-refractivity contribution < 1.29 is 0 Å². The largest absolute Gasteiger partial charge is 0.302 e.